The van der Waals surface area contributed by atoms with Gasteiger partial charge in [-0.3, -0.25) is 9.59 Å². The fourth-order valence-electron chi connectivity index (χ4n) is 2.06. The van der Waals surface area contributed by atoms with Crippen LogP contribution in [0.25, 0.3) is 0 Å². The highest BCUT2D eigenvalue weighted by molar-refractivity contribution is 5.93. The topological polar surface area (TPSA) is 81.7 Å². The Kier molecular flexibility index (Phi) is 5.68. The summed E-state index contributed by atoms with van der Waals surface area (Å²) in [7, 11) is 0. The third-order valence-electron chi connectivity index (χ3n) is 3.05. The minimum atomic E-state index is -0.621. The lowest BCUT2D eigenvalue weighted by atomic mass is 10.2. The van der Waals surface area contributed by atoms with E-state index in [1.165, 1.54) is 26.0 Å². The summed E-state index contributed by atoms with van der Waals surface area (Å²) in [6.45, 7) is 2.63. The molecule has 2 aromatic carbocycles. The number of hydrogen-bond acceptors (Lipinski definition) is 5. The first-order valence-corrected chi connectivity index (χ1v) is 7.27. The molecular weight excluding hydrogens is 310 g/mol. The monoisotopic (exact) mass is 327 g/mol. The molecular formula is C18H17NO5. The highest BCUT2D eigenvalue weighted by Crippen LogP contribution is 2.21. The second-order valence-electron chi connectivity index (χ2n) is 5.00. The van der Waals surface area contributed by atoms with Crippen LogP contribution in [0, 0.1) is 0 Å². The Hall–Kier alpha value is -3.15. The summed E-state index contributed by atoms with van der Waals surface area (Å²) in [6.07, 6.45) is 0. The van der Waals surface area contributed by atoms with Crippen molar-refractivity contribution in [1.82, 2.24) is 0 Å². The molecule has 1 N–H and O–H groups in total. The van der Waals surface area contributed by atoms with Gasteiger partial charge in [0.1, 0.15) is 17.9 Å². The third-order valence-corrected chi connectivity index (χ3v) is 3.05. The molecule has 0 saturated carbocycles. The molecule has 0 saturated heterocycles. The van der Waals surface area contributed by atoms with Crippen LogP contribution in [0.3, 0.4) is 0 Å². The van der Waals surface area contributed by atoms with E-state index in [2.05, 4.69) is 5.32 Å². The molecule has 6 heteroatoms. The van der Waals surface area contributed by atoms with Crippen LogP contribution in [0.1, 0.15) is 29.8 Å². The Balaban J connectivity index is 2.12. The van der Waals surface area contributed by atoms with Crippen molar-refractivity contribution in [3.8, 4) is 5.75 Å². The van der Waals surface area contributed by atoms with Crippen LogP contribution in [0.5, 0.6) is 5.75 Å². The van der Waals surface area contributed by atoms with E-state index in [1.807, 2.05) is 0 Å². The van der Waals surface area contributed by atoms with Gasteiger partial charge in [-0.05, 0) is 18.2 Å². The predicted molar refractivity (Wildman–Crippen MR) is 87.6 cm³/mol. The summed E-state index contributed by atoms with van der Waals surface area (Å²) in [6, 6.07) is 13.3. The maximum Gasteiger partial charge on any atom is 0.342 e. The summed E-state index contributed by atoms with van der Waals surface area (Å²) in [4.78, 5) is 34.6. The van der Waals surface area contributed by atoms with E-state index < -0.39 is 11.9 Å². The van der Waals surface area contributed by atoms with Gasteiger partial charge in [-0.15, -0.1) is 0 Å². The molecule has 2 rings (SSSR count). The van der Waals surface area contributed by atoms with Gasteiger partial charge in [-0.25, -0.2) is 4.79 Å². The number of carbonyl (C=O) groups excluding carboxylic acids is 3. The van der Waals surface area contributed by atoms with E-state index in [4.69, 9.17) is 9.47 Å². The number of anilines is 1. The number of nitrogens with one attached hydrogen (secondary N) is 1. The van der Waals surface area contributed by atoms with Gasteiger partial charge >= 0.3 is 11.9 Å². The van der Waals surface area contributed by atoms with Crippen LogP contribution in [0.2, 0.25) is 0 Å². The minimum Gasteiger partial charge on any atom is -0.457 e. The van der Waals surface area contributed by atoms with E-state index in [1.54, 1.807) is 36.4 Å². The first-order chi connectivity index (χ1) is 11.5. The van der Waals surface area contributed by atoms with Gasteiger partial charge < -0.3 is 14.8 Å². The van der Waals surface area contributed by atoms with Crippen molar-refractivity contribution < 1.29 is 23.9 Å². The lowest BCUT2D eigenvalue weighted by Gasteiger charge is -2.12. The molecule has 24 heavy (non-hydrogen) atoms. The van der Waals surface area contributed by atoms with Crippen molar-refractivity contribution in [3.05, 3.63) is 59.7 Å². The maximum absolute atomic E-state index is 12.3. The van der Waals surface area contributed by atoms with Gasteiger partial charge in [0.15, 0.2) is 0 Å². The average molecular weight is 327 g/mol. The standard InChI is InChI=1S/C18H17NO5/c1-12(20)19-16-9-5-3-7-14(16)11-23-18(22)15-8-4-6-10-17(15)24-13(2)21/h3-10H,11H2,1-2H3,(H,19,20). The van der Waals surface area contributed by atoms with Crippen molar-refractivity contribution >= 4 is 23.5 Å². The number of para-hydroxylation sites is 2. The summed E-state index contributed by atoms with van der Waals surface area (Å²) < 4.78 is 10.3. The van der Waals surface area contributed by atoms with E-state index in [0.717, 1.165) is 0 Å². The number of rotatable bonds is 5. The Morgan fingerprint density at radius 2 is 1.62 bits per heavy atom. The molecule has 0 atom stereocenters. The van der Waals surface area contributed by atoms with Crippen LogP contribution < -0.4 is 10.1 Å². The quantitative estimate of drug-likeness (QED) is 0.674. The van der Waals surface area contributed by atoms with E-state index in [-0.39, 0.29) is 23.8 Å². The predicted octanol–water partition coefficient (Wildman–Crippen LogP) is 2.93. The van der Waals surface area contributed by atoms with Gasteiger partial charge in [0, 0.05) is 25.1 Å². The summed E-state index contributed by atoms with van der Waals surface area (Å²) in [5.41, 5.74) is 1.39. The zero-order valence-corrected chi connectivity index (χ0v) is 13.4. The number of ether oxygens (including phenoxy) is 2. The fraction of sp³-hybridized carbons (Fsp3) is 0.167. The molecule has 0 aliphatic carbocycles. The minimum absolute atomic E-state index is 0.0241. The molecule has 6 nitrogen and oxygen atoms in total. The molecule has 0 spiro atoms. The molecule has 0 aromatic heterocycles. The smallest absolute Gasteiger partial charge is 0.342 e. The first-order valence-electron chi connectivity index (χ1n) is 7.27. The molecule has 0 radical (unpaired) electrons. The van der Waals surface area contributed by atoms with Gasteiger partial charge in [0.25, 0.3) is 0 Å². The van der Waals surface area contributed by atoms with Crippen molar-refractivity contribution in [3.63, 3.8) is 0 Å². The van der Waals surface area contributed by atoms with Gasteiger partial charge in [-0.1, -0.05) is 30.3 Å². The van der Waals surface area contributed by atoms with Crippen LogP contribution in [0.4, 0.5) is 5.69 Å². The molecule has 0 unspecified atom stereocenters. The van der Waals surface area contributed by atoms with Crippen molar-refractivity contribution in [2.45, 2.75) is 20.5 Å². The SMILES string of the molecule is CC(=O)Nc1ccccc1COC(=O)c1ccccc1OC(C)=O. The van der Waals surface area contributed by atoms with E-state index >= 15 is 0 Å². The summed E-state index contributed by atoms with van der Waals surface area (Å²) in [5.74, 6) is -1.21. The normalized spacial score (nSPS) is 9.92. The maximum atomic E-state index is 12.3. The number of esters is 2. The lowest BCUT2D eigenvalue weighted by molar-refractivity contribution is -0.131. The van der Waals surface area contributed by atoms with E-state index in [9.17, 15) is 14.4 Å². The zero-order chi connectivity index (χ0) is 17.5. The van der Waals surface area contributed by atoms with Gasteiger partial charge in [0.05, 0.1) is 0 Å². The van der Waals surface area contributed by atoms with Crippen molar-refractivity contribution in [1.29, 1.82) is 0 Å². The largest absolute Gasteiger partial charge is 0.457 e. The highest BCUT2D eigenvalue weighted by atomic mass is 16.5. The molecule has 0 aliphatic heterocycles. The fourth-order valence-corrected chi connectivity index (χ4v) is 2.06. The van der Waals surface area contributed by atoms with E-state index in [0.29, 0.717) is 11.3 Å². The number of amides is 1. The Labute approximate surface area is 139 Å². The Morgan fingerprint density at radius 1 is 0.958 bits per heavy atom. The highest BCUT2D eigenvalue weighted by Gasteiger charge is 2.15. The van der Waals surface area contributed by atoms with Crippen LogP contribution in [0.15, 0.2) is 48.5 Å². The van der Waals surface area contributed by atoms with Crippen LogP contribution in [-0.2, 0) is 20.9 Å². The lowest BCUT2D eigenvalue weighted by Crippen LogP contribution is -2.12. The molecule has 124 valence electrons. The molecule has 1 amide bonds. The summed E-state index contributed by atoms with van der Waals surface area (Å²) >= 11 is 0. The molecule has 0 heterocycles. The third kappa shape index (κ3) is 4.67. The molecule has 0 fully saturated rings. The number of carbonyl (C=O) groups is 3. The van der Waals surface area contributed by atoms with Crippen molar-refractivity contribution in [2.75, 3.05) is 5.32 Å². The summed E-state index contributed by atoms with van der Waals surface area (Å²) in [5, 5.41) is 2.67. The first kappa shape index (κ1) is 17.2. The van der Waals surface area contributed by atoms with Gasteiger partial charge in [0.2, 0.25) is 5.91 Å². The zero-order valence-electron chi connectivity index (χ0n) is 13.4. The van der Waals surface area contributed by atoms with Gasteiger partial charge in [-0.2, -0.15) is 0 Å². The van der Waals surface area contributed by atoms with Crippen LogP contribution >= 0.6 is 0 Å². The van der Waals surface area contributed by atoms with Crippen LogP contribution in [-0.4, -0.2) is 17.8 Å². The Morgan fingerprint density at radius 3 is 2.33 bits per heavy atom. The molecule has 0 aliphatic rings. The number of benzene rings is 2. The second-order valence-corrected chi connectivity index (χ2v) is 5.00. The molecule has 2 aromatic rings. The average Bonchev–Trinajstić information content (AvgIpc) is 2.53. The number of hydrogen-bond donors (Lipinski definition) is 1. The second kappa shape index (κ2) is 7.92. The molecule has 0 bridgehead atoms. The Bertz CT molecular complexity index is 770. The van der Waals surface area contributed by atoms with Crippen molar-refractivity contribution in [2.24, 2.45) is 0 Å².